The Hall–Kier alpha value is -1.06. The van der Waals surface area contributed by atoms with E-state index in [-0.39, 0.29) is 23.3 Å². The average molecular weight is 469 g/mol. The fourth-order valence-electron chi connectivity index (χ4n) is 4.40. The first-order chi connectivity index (χ1) is 15.8. The molecule has 0 bridgehead atoms. The van der Waals surface area contributed by atoms with E-state index in [1.165, 1.54) is 77.0 Å². The molecule has 0 radical (unpaired) electrons. The van der Waals surface area contributed by atoms with E-state index < -0.39 is 0 Å². The van der Waals surface area contributed by atoms with Crippen LogP contribution in [0.25, 0.3) is 0 Å². The van der Waals surface area contributed by atoms with E-state index in [9.17, 15) is 9.59 Å². The minimum absolute atomic E-state index is 0.140. The topological polar surface area (TPSA) is 52.6 Å². The Morgan fingerprint density at radius 2 is 1.03 bits per heavy atom. The molecule has 1 atom stereocenters. The predicted octanol–water partition coefficient (Wildman–Crippen LogP) is 8.80. The summed E-state index contributed by atoms with van der Waals surface area (Å²) < 4.78 is 10.9. The van der Waals surface area contributed by atoms with Crippen LogP contribution >= 0.6 is 0 Å². The van der Waals surface area contributed by atoms with Gasteiger partial charge in [0.2, 0.25) is 0 Å². The number of ether oxygens (including phenoxy) is 2. The van der Waals surface area contributed by atoms with Crippen molar-refractivity contribution in [2.24, 2.45) is 11.3 Å². The van der Waals surface area contributed by atoms with Gasteiger partial charge in [0.25, 0.3) is 0 Å². The van der Waals surface area contributed by atoms with Gasteiger partial charge in [-0.05, 0) is 24.7 Å². The Morgan fingerprint density at radius 3 is 1.48 bits per heavy atom. The van der Waals surface area contributed by atoms with Gasteiger partial charge in [0.15, 0.2) is 0 Å². The van der Waals surface area contributed by atoms with Crippen molar-refractivity contribution in [1.29, 1.82) is 0 Å². The maximum atomic E-state index is 12.3. The summed E-state index contributed by atoms with van der Waals surface area (Å²) in [6, 6.07) is 0. The maximum absolute atomic E-state index is 12.3. The van der Waals surface area contributed by atoms with Crippen molar-refractivity contribution in [3.63, 3.8) is 0 Å². The molecule has 0 aromatic heterocycles. The third kappa shape index (κ3) is 21.2. The fourth-order valence-corrected chi connectivity index (χ4v) is 4.40. The summed E-state index contributed by atoms with van der Waals surface area (Å²) in [5, 5.41) is 0. The number of unbranched alkanes of at least 4 members (excludes halogenated alkanes) is 14. The number of hydrogen-bond donors (Lipinski definition) is 0. The van der Waals surface area contributed by atoms with Crippen molar-refractivity contribution in [2.45, 2.75) is 150 Å². The van der Waals surface area contributed by atoms with Crippen molar-refractivity contribution in [2.75, 3.05) is 13.2 Å². The lowest BCUT2D eigenvalue weighted by atomic mass is 9.80. The van der Waals surface area contributed by atoms with Gasteiger partial charge in [0.1, 0.15) is 0 Å². The minimum Gasteiger partial charge on any atom is -0.466 e. The zero-order valence-corrected chi connectivity index (χ0v) is 22.9. The van der Waals surface area contributed by atoms with E-state index in [2.05, 4.69) is 13.8 Å². The number of esters is 2. The Kier molecular flexibility index (Phi) is 20.8. The second-order valence-electron chi connectivity index (χ2n) is 10.8. The fraction of sp³-hybridized carbons (Fsp3) is 0.931. The third-order valence-electron chi connectivity index (χ3n) is 6.39. The van der Waals surface area contributed by atoms with Crippen molar-refractivity contribution < 1.29 is 19.1 Å². The molecule has 0 amide bonds. The molecular formula is C29H56O4. The lowest BCUT2D eigenvalue weighted by Crippen LogP contribution is -2.26. The first kappa shape index (κ1) is 31.9. The molecule has 0 saturated heterocycles. The Morgan fingerprint density at radius 1 is 0.636 bits per heavy atom. The van der Waals surface area contributed by atoms with Crippen LogP contribution in [0.1, 0.15) is 150 Å². The van der Waals surface area contributed by atoms with E-state index in [0.29, 0.717) is 26.1 Å². The van der Waals surface area contributed by atoms with Gasteiger partial charge in [-0.15, -0.1) is 0 Å². The van der Waals surface area contributed by atoms with Crippen LogP contribution in [0.2, 0.25) is 0 Å². The smallest absolute Gasteiger partial charge is 0.308 e. The Balaban J connectivity index is 3.82. The molecule has 0 aliphatic rings. The van der Waals surface area contributed by atoms with Crippen LogP contribution < -0.4 is 0 Å². The molecule has 0 saturated carbocycles. The first-order valence-electron chi connectivity index (χ1n) is 14.1. The standard InChI is InChI=1S/C29H56O4/c1-6-8-10-12-14-16-18-20-22-32-27(30)25-29(4,5)24-26(3)28(31)33-23-21-19-17-15-13-11-9-7-2/h26H,6-25H2,1-5H3. The summed E-state index contributed by atoms with van der Waals surface area (Å²) in [6.07, 6.45) is 20.7. The van der Waals surface area contributed by atoms with Gasteiger partial charge >= 0.3 is 11.9 Å². The summed E-state index contributed by atoms with van der Waals surface area (Å²) in [5.74, 6) is -0.490. The average Bonchev–Trinajstić information content (AvgIpc) is 2.76. The molecule has 0 spiro atoms. The van der Waals surface area contributed by atoms with Gasteiger partial charge in [-0.1, -0.05) is 125 Å². The van der Waals surface area contributed by atoms with E-state index in [1.54, 1.807) is 0 Å². The van der Waals surface area contributed by atoms with Gasteiger partial charge in [0, 0.05) is 0 Å². The molecule has 0 aromatic carbocycles. The highest BCUT2D eigenvalue weighted by atomic mass is 16.5. The van der Waals surface area contributed by atoms with Crippen molar-refractivity contribution in [3.05, 3.63) is 0 Å². The normalized spacial score (nSPS) is 12.5. The summed E-state index contributed by atoms with van der Waals surface area (Å²) in [7, 11) is 0. The lowest BCUT2D eigenvalue weighted by Gasteiger charge is -2.26. The molecule has 1 unspecified atom stereocenters. The van der Waals surface area contributed by atoms with Gasteiger partial charge in [-0.2, -0.15) is 0 Å². The predicted molar refractivity (Wildman–Crippen MR) is 139 cm³/mol. The molecule has 0 aliphatic carbocycles. The zero-order chi connectivity index (χ0) is 24.8. The van der Waals surface area contributed by atoms with Crippen molar-refractivity contribution in [1.82, 2.24) is 0 Å². The van der Waals surface area contributed by atoms with E-state index in [1.807, 2.05) is 20.8 Å². The van der Waals surface area contributed by atoms with Crippen LogP contribution in [0.4, 0.5) is 0 Å². The van der Waals surface area contributed by atoms with Crippen LogP contribution in [0, 0.1) is 11.3 Å². The molecule has 0 heterocycles. The van der Waals surface area contributed by atoms with Gasteiger partial charge in [0.05, 0.1) is 25.6 Å². The molecular weight excluding hydrogens is 412 g/mol. The molecule has 0 rings (SSSR count). The maximum Gasteiger partial charge on any atom is 0.308 e. The number of hydrogen-bond acceptors (Lipinski definition) is 4. The number of rotatable bonds is 23. The van der Waals surface area contributed by atoms with E-state index >= 15 is 0 Å². The minimum atomic E-state index is -0.271. The van der Waals surface area contributed by atoms with Crippen molar-refractivity contribution in [3.8, 4) is 0 Å². The van der Waals surface area contributed by atoms with Crippen LogP contribution in [0.5, 0.6) is 0 Å². The van der Waals surface area contributed by atoms with Gasteiger partial charge in [-0.3, -0.25) is 9.59 Å². The quantitative estimate of drug-likeness (QED) is 0.111. The highest BCUT2D eigenvalue weighted by Crippen LogP contribution is 2.30. The van der Waals surface area contributed by atoms with Crippen LogP contribution in [0.3, 0.4) is 0 Å². The molecule has 196 valence electrons. The second-order valence-corrected chi connectivity index (χ2v) is 10.8. The highest BCUT2D eigenvalue weighted by molar-refractivity contribution is 5.73. The molecule has 0 aliphatic heterocycles. The summed E-state index contributed by atoms with van der Waals surface area (Å²) in [6.45, 7) is 11.5. The first-order valence-corrected chi connectivity index (χ1v) is 14.1. The molecule has 0 fully saturated rings. The monoisotopic (exact) mass is 468 g/mol. The Labute approximate surface area is 206 Å². The molecule has 33 heavy (non-hydrogen) atoms. The van der Waals surface area contributed by atoms with Gasteiger partial charge in [-0.25, -0.2) is 0 Å². The molecule has 0 aromatic rings. The lowest BCUT2D eigenvalue weighted by molar-refractivity contribution is -0.151. The molecule has 4 heteroatoms. The third-order valence-corrected chi connectivity index (χ3v) is 6.39. The largest absolute Gasteiger partial charge is 0.466 e. The summed E-state index contributed by atoms with van der Waals surface area (Å²) in [5.41, 5.74) is -0.271. The SMILES string of the molecule is CCCCCCCCCCOC(=O)CC(C)(C)CC(C)C(=O)OCCCCCCCCCC. The zero-order valence-electron chi connectivity index (χ0n) is 22.9. The Bertz CT molecular complexity index is 472. The van der Waals surface area contributed by atoms with Gasteiger partial charge < -0.3 is 9.47 Å². The highest BCUT2D eigenvalue weighted by Gasteiger charge is 2.28. The summed E-state index contributed by atoms with van der Waals surface area (Å²) in [4.78, 5) is 24.6. The van der Waals surface area contributed by atoms with E-state index in [0.717, 1.165) is 25.7 Å². The van der Waals surface area contributed by atoms with Crippen LogP contribution in [0.15, 0.2) is 0 Å². The van der Waals surface area contributed by atoms with Crippen LogP contribution in [-0.2, 0) is 19.1 Å². The molecule has 0 N–H and O–H groups in total. The number of carbonyl (C=O) groups excluding carboxylic acids is 2. The molecule has 4 nitrogen and oxygen atoms in total. The van der Waals surface area contributed by atoms with Crippen molar-refractivity contribution >= 4 is 11.9 Å². The van der Waals surface area contributed by atoms with E-state index in [4.69, 9.17) is 9.47 Å². The van der Waals surface area contributed by atoms with Crippen LogP contribution in [-0.4, -0.2) is 25.2 Å². The summed E-state index contributed by atoms with van der Waals surface area (Å²) >= 11 is 0. The number of carbonyl (C=O) groups is 2. The second kappa shape index (κ2) is 21.5.